The lowest BCUT2D eigenvalue weighted by Crippen LogP contribution is -2.35. The Morgan fingerprint density at radius 2 is 2.04 bits per heavy atom. The van der Waals surface area contributed by atoms with Gasteiger partial charge in [0.2, 0.25) is 10.0 Å². The number of rotatable bonds is 12. The van der Waals surface area contributed by atoms with E-state index in [1.807, 2.05) is 31.2 Å². The van der Waals surface area contributed by atoms with Crippen LogP contribution >= 0.6 is 0 Å². The second-order valence-electron chi connectivity index (χ2n) is 5.95. The van der Waals surface area contributed by atoms with Gasteiger partial charge in [0.05, 0.1) is 12.9 Å². The van der Waals surface area contributed by atoms with Crippen LogP contribution in [0.4, 0.5) is 5.69 Å². The van der Waals surface area contributed by atoms with E-state index in [1.165, 1.54) is 10.6 Å². The Labute approximate surface area is 163 Å². The van der Waals surface area contributed by atoms with Crippen molar-refractivity contribution in [3.8, 4) is 5.75 Å². The molecule has 0 bridgehead atoms. The van der Waals surface area contributed by atoms with Crippen LogP contribution in [-0.2, 0) is 14.8 Å². The highest BCUT2D eigenvalue weighted by Crippen LogP contribution is 2.17. The van der Waals surface area contributed by atoms with Crippen molar-refractivity contribution >= 4 is 21.7 Å². The highest BCUT2D eigenvalue weighted by Gasteiger charge is 2.13. The van der Waals surface area contributed by atoms with Gasteiger partial charge < -0.3 is 20.1 Å². The first-order valence-corrected chi connectivity index (χ1v) is 10.9. The molecule has 27 heavy (non-hydrogen) atoms. The third-order valence-electron chi connectivity index (χ3n) is 3.78. The number of ether oxygens (including phenoxy) is 2. The number of nitrogens with one attached hydrogen (secondary N) is 2. The molecule has 0 aliphatic heterocycles. The summed E-state index contributed by atoms with van der Waals surface area (Å²) in [7, 11) is 0.212. The Balaban J connectivity index is 2.45. The molecule has 0 amide bonds. The van der Waals surface area contributed by atoms with Crippen LogP contribution in [0.3, 0.4) is 0 Å². The normalized spacial score (nSPS) is 12.3. The van der Waals surface area contributed by atoms with Crippen molar-refractivity contribution in [2.75, 3.05) is 58.6 Å². The van der Waals surface area contributed by atoms with E-state index in [-0.39, 0.29) is 0 Å². The van der Waals surface area contributed by atoms with Crippen LogP contribution in [0.1, 0.15) is 19.8 Å². The van der Waals surface area contributed by atoms with Crippen LogP contribution in [0, 0.1) is 0 Å². The molecule has 8 nitrogen and oxygen atoms in total. The van der Waals surface area contributed by atoms with Gasteiger partial charge in [0.25, 0.3) is 0 Å². The number of hydrogen-bond donors (Lipinski definition) is 2. The average molecular weight is 401 g/mol. The molecule has 0 aliphatic rings. The quantitative estimate of drug-likeness (QED) is 0.316. The summed E-state index contributed by atoms with van der Waals surface area (Å²) in [6.07, 6.45) is 2.75. The van der Waals surface area contributed by atoms with Gasteiger partial charge in [0.15, 0.2) is 5.96 Å². The van der Waals surface area contributed by atoms with E-state index in [0.29, 0.717) is 45.2 Å². The second kappa shape index (κ2) is 12.5. The fourth-order valence-electron chi connectivity index (χ4n) is 2.39. The van der Waals surface area contributed by atoms with E-state index in [2.05, 4.69) is 15.6 Å². The number of hydrogen-bond acceptors (Lipinski definition) is 5. The first-order chi connectivity index (χ1) is 12.9. The van der Waals surface area contributed by atoms with Gasteiger partial charge in [-0.2, -0.15) is 0 Å². The van der Waals surface area contributed by atoms with Gasteiger partial charge in [0, 0.05) is 58.6 Å². The van der Waals surface area contributed by atoms with E-state index in [1.54, 1.807) is 14.2 Å². The number of guanidine groups is 1. The molecule has 1 aromatic rings. The van der Waals surface area contributed by atoms with Gasteiger partial charge in [0.1, 0.15) is 5.75 Å². The Kier molecular flexibility index (Phi) is 10.8. The highest BCUT2D eigenvalue weighted by atomic mass is 32.2. The predicted molar refractivity (Wildman–Crippen MR) is 110 cm³/mol. The van der Waals surface area contributed by atoms with Crippen molar-refractivity contribution in [2.45, 2.75) is 19.8 Å². The molecular weight excluding hydrogens is 368 g/mol. The third-order valence-corrected chi connectivity index (χ3v) is 5.16. The number of benzene rings is 1. The average Bonchev–Trinajstić information content (AvgIpc) is 2.63. The third kappa shape index (κ3) is 9.60. The standard InChI is InChI=1S/C18H32N4O4S/c1-5-22(27(4,23)24)12-7-11-20-18(19-2)21-16-9-6-10-17(15-16)26-14-8-13-25-3/h6,9-10,15H,5,7-8,11-14H2,1-4H3,(H2,19,20,21). The molecule has 0 unspecified atom stereocenters. The maximum absolute atomic E-state index is 11.6. The van der Waals surface area contributed by atoms with E-state index < -0.39 is 10.0 Å². The number of aliphatic imine (C=N–C) groups is 1. The molecular formula is C18H32N4O4S. The van der Waals surface area contributed by atoms with Crippen LogP contribution in [0.15, 0.2) is 29.3 Å². The number of anilines is 1. The van der Waals surface area contributed by atoms with Crippen molar-refractivity contribution in [1.29, 1.82) is 0 Å². The van der Waals surface area contributed by atoms with Crippen molar-refractivity contribution < 1.29 is 17.9 Å². The van der Waals surface area contributed by atoms with Crippen molar-refractivity contribution in [3.05, 3.63) is 24.3 Å². The van der Waals surface area contributed by atoms with Crippen LogP contribution in [0.2, 0.25) is 0 Å². The molecule has 0 aliphatic carbocycles. The fraction of sp³-hybridized carbons (Fsp3) is 0.611. The van der Waals surface area contributed by atoms with Gasteiger partial charge >= 0.3 is 0 Å². The van der Waals surface area contributed by atoms with E-state index in [9.17, 15) is 8.42 Å². The lowest BCUT2D eigenvalue weighted by molar-refractivity contribution is 0.172. The zero-order chi connectivity index (χ0) is 20.1. The summed E-state index contributed by atoms with van der Waals surface area (Å²) >= 11 is 0. The molecule has 0 saturated carbocycles. The summed E-state index contributed by atoms with van der Waals surface area (Å²) < 4.78 is 35.3. The monoisotopic (exact) mass is 400 g/mol. The van der Waals surface area contributed by atoms with Crippen molar-refractivity contribution in [3.63, 3.8) is 0 Å². The highest BCUT2D eigenvalue weighted by molar-refractivity contribution is 7.88. The van der Waals surface area contributed by atoms with Crippen molar-refractivity contribution in [1.82, 2.24) is 9.62 Å². The zero-order valence-electron chi connectivity index (χ0n) is 16.7. The number of sulfonamides is 1. The maximum Gasteiger partial charge on any atom is 0.211 e. The minimum atomic E-state index is -3.15. The van der Waals surface area contributed by atoms with Crippen LogP contribution in [0.5, 0.6) is 5.75 Å². The molecule has 0 fully saturated rings. The largest absolute Gasteiger partial charge is 0.493 e. The summed E-state index contributed by atoms with van der Waals surface area (Å²) in [5, 5.41) is 6.39. The van der Waals surface area contributed by atoms with E-state index >= 15 is 0 Å². The Morgan fingerprint density at radius 1 is 1.26 bits per heavy atom. The van der Waals surface area contributed by atoms with E-state index in [0.717, 1.165) is 17.9 Å². The smallest absolute Gasteiger partial charge is 0.211 e. The molecule has 0 saturated heterocycles. The van der Waals surface area contributed by atoms with Gasteiger partial charge in [-0.25, -0.2) is 12.7 Å². The SMILES string of the molecule is CCN(CCCNC(=NC)Nc1cccc(OCCCOC)c1)S(C)(=O)=O. The molecule has 0 aromatic heterocycles. The van der Waals surface area contributed by atoms with Crippen molar-refractivity contribution in [2.24, 2.45) is 4.99 Å². The molecule has 1 aromatic carbocycles. The minimum Gasteiger partial charge on any atom is -0.493 e. The first-order valence-electron chi connectivity index (χ1n) is 9.05. The Hall–Kier alpha value is -1.84. The minimum absolute atomic E-state index is 0.475. The maximum atomic E-state index is 11.6. The molecule has 1 rings (SSSR count). The van der Waals surface area contributed by atoms with Crippen LogP contribution in [0.25, 0.3) is 0 Å². The van der Waals surface area contributed by atoms with Gasteiger partial charge in [-0.3, -0.25) is 4.99 Å². The zero-order valence-corrected chi connectivity index (χ0v) is 17.5. The molecule has 0 radical (unpaired) electrons. The van der Waals surface area contributed by atoms with Gasteiger partial charge in [-0.15, -0.1) is 0 Å². The molecule has 0 atom stereocenters. The van der Waals surface area contributed by atoms with E-state index in [4.69, 9.17) is 9.47 Å². The molecule has 0 heterocycles. The molecule has 9 heteroatoms. The number of methoxy groups -OCH3 is 1. The summed E-state index contributed by atoms with van der Waals surface area (Å²) in [6, 6.07) is 7.64. The molecule has 154 valence electrons. The number of nitrogens with zero attached hydrogens (tertiary/aromatic N) is 2. The van der Waals surface area contributed by atoms with Crippen LogP contribution in [-0.4, -0.2) is 71.9 Å². The summed E-state index contributed by atoms with van der Waals surface area (Å²) in [5.41, 5.74) is 0.860. The predicted octanol–water partition coefficient (Wildman–Crippen LogP) is 1.76. The fourth-order valence-corrected chi connectivity index (χ4v) is 3.32. The lowest BCUT2D eigenvalue weighted by Gasteiger charge is -2.18. The lowest BCUT2D eigenvalue weighted by atomic mass is 10.3. The Morgan fingerprint density at radius 3 is 2.67 bits per heavy atom. The molecule has 0 spiro atoms. The first kappa shape index (κ1) is 23.2. The topological polar surface area (TPSA) is 92.3 Å². The molecule has 2 N–H and O–H groups in total. The Bertz CT molecular complexity index is 680. The summed E-state index contributed by atoms with van der Waals surface area (Å²) in [6.45, 7) is 4.66. The van der Waals surface area contributed by atoms with Crippen LogP contribution < -0.4 is 15.4 Å². The summed E-state index contributed by atoms with van der Waals surface area (Å²) in [5.74, 6) is 1.40. The second-order valence-corrected chi connectivity index (χ2v) is 7.94. The van der Waals surface area contributed by atoms with Gasteiger partial charge in [-0.05, 0) is 18.6 Å². The summed E-state index contributed by atoms with van der Waals surface area (Å²) in [4.78, 5) is 4.19. The van der Waals surface area contributed by atoms with Gasteiger partial charge in [-0.1, -0.05) is 13.0 Å².